The molecule has 1 aromatic heterocycles. The highest BCUT2D eigenvalue weighted by Crippen LogP contribution is 2.29. The van der Waals surface area contributed by atoms with Gasteiger partial charge in [-0.3, -0.25) is 4.90 Å². The number of piperidine rings is 1. The number of nitrogens with zero attached hydrogens (tertiary/aromatic N) is 3. The zero-order chi connectivity index (χ0) is 19.0. The van der Waals surface area contributed by atoms with Crippen LogP contribution < -0.4 is 4.90 Å². The number of anilines is 1. The average Bonchev–Trinajstić information content (AvgIpc) is 2.60. The minimum absolute atomic E-state index is 0.111. The second-order valence-electron chi connectivity index (χ2n) is 8.73. The van der Waals surface area contributed by atoms with E-state index in [9.17, 15) is 5.11 Å². The maximum atomic E-state index is 10.2. The van der Waals surface area contributed by atoms with E-state index in [0.717, 1.165) is 57.0 Å². The van der Waals surface area contributed by atoms with Crippen LogP contribution >= 0.6 is 0 Å². The number of β-amino-alcohol motifs (C(OH)–C–C–N with tert-alkyl or cyclic N) is 1. The number of rotatable bonds is 3. The molecule has 146 valence electrons. The predicted molar refractivity (Wildman–Crippen MR) is 109 cm³/mol. The summed E-state index contributed by atoms with van der Waals surface area (Å²) < 4.78 is 5.88. The number of aliphatic hydroxyl groups is 1. The molecule has 3 heterocycles. The van der Waals surface area contributed by atoms with Crippen LogP contribution in [0.2, 0.25) is 0 Å². The molecule has 2 saturated heterocycles. The number of ether oxygens (including phenoxy) is 1. The summed E-state index contributed by atoms with van der Waals surface area (Å²) in [7, 11) is 0. The molecule has 2 fully saturated rings. The number of morpholine rings is 1. The van der Waals surface area contributed by atoms with Gasteiger partial charge in [-0.1, -0.05) is 11.6 Å². The minimum Gasteiger partial charge on any atom is -0.391 e. The maximum Gasteiger partial charge on any atom is 0.133 e. The van der Waals surface area contributed by atoms with Gasteiger partial charge in [-0.05, 0) is 51.8 Å². The van der Waals surface area contributed by atoms with E-state index >= 15 is 0 Å². The highest BCUT2D eigenvalue weighted by Gasteiger charge is 2.29. The Kier molecular flexibility index (Phi) is 5.10. The first kappa shape index (κ1) is 18.7. The summed E-state index contributed by atoms with van der Waals surface area (Å²) in [5.74, 6) is 1.04. The summed E-state index contributed by atoms with van der Waals surface area (Å²) in [6.07, 6.45) is 1.64. The van der Waals surface area contributed by atoms with Gasteiger partial charge in [0, 0.05) is 43.7 Å². The zero-order valence-electron chi connectivity index (χ0n) is 16.7. The number of aliphatic hydroxyl groups excluding tert-OH is 1. The monoisotopic (exact) mass is 369 g/mol. The fourth-order valence-corrected chi connectivity index (χ4v) is 4.36. The van der Waals surface area contributed by atoms with Crippen molar-refractivity contribution in [2.45, 2.75) is 51.9 Å². The Hall–Kier alpha value is -1.69. The van der Waals surface area contributed by atoms with Crippen molar-refractivity contribution in [1.82, 2.24) is 9.88 Å². The zero-order valence-corrected chi connectivity index (χ0v) is 16.7. The quantitative estimate of drug-likeness (QED) is 0.901. The van der Waals surface area contributed by atoms with Gasteiger partial charge >= 0.3 is 0 Å². The van der Waals surface area contributed by atoms with Crippen molar-refractivity contribution in [3.05, 3.63) is 35.4 Å². The molecule has 0 amide bonds. The Morgan fingerprint density at radius 2 is 2.11 bits per heavy atom. The number of hydrogen-bond acceptors (Lipinski definition) is 5. The summed E-state index contributed by atoms with van der Waals surface area (Å²) >= 11 is 0. The van der Waals surface area contributed by atoms with Crippen molar-refractivity contribution < 1.29 is 9.84 Å². The van der Waals surface area contributed by atoms with Crippen LogP contribution in [0.4, 0.5) is 5.82 Å². The van der Waals surface area contributed by atoms with Gasteiger partial charge in [-0.25, -0.2) is 4.98 Å². The first-order chi connectivity index (χ1) is 12.9. The van der Waals surface area contributed by atoms with Crippen molar-refractivity contribution in [3.8, 4) is 0 Å². The van der Waals surface area contributed by atoms with Crippen LogP contribution in [0.15, 0.2) is 24.3 Å². The molecule has 27 heavy (non-hydrogen) atoms. The van der Waals surface area contributed by atoms with Gasteiger partial charge in [-0.2, -0.15) is 0 Å². The van der Waals surface area contributed by atoms with E-state index < -0.39 is 0 Å². The van der Waals surface area contributed by atoms with Gasteiger partial charge in [0.25, 0.3) is 0 Å². The van der Waals surface area contributed by atoms with E-state index in [1.54, 1.807) is 0 Å². The summed E-state index contributed by atoms with van der Waals surface area (Å²) in [6, 6.07) is 8.74. The number of fused-ring (bicyclic) bond motifs is 1. The number of aryl methyl sites for hydroxylation is 1. The molecule has 1 N–H and O–H groups in total. The van der Waals surface area contributed by atoms with Gasteiger partial charge in [0.1, 0.15) is 5.82 Å². The lowest BCUT2D eigenvalue weighted by molar-refractivity contribution is -0.0882. The van der Waals surface area contributed by atoms with E-state index in [2.05, 4.69) is 54.8 Å². The Bertz CT molecular complexity index is 821. The summed E-state index contributed by atoms with van der Waals surface area (Å²) in [4.78, 5) is 9.77. The van der Waals surface area contributed by atoms with Crippen LogP contribution in [0.25, 0.3) is 10.9 Å². The molecule has 5 heteroatoms. The van der Waals surface area contributed by atoms with Gasteiger partial charge in [0.15, 0.2) is 0 Å². The second kappa shape index (κ2) is 7.38. The predicted octanol–water partition coefficient (Wildman–Crippen LogP) is 3.12. The lowest BCUT2D eigenvalue weighted by atomic mass is 10.0. The molecule has 0 spiro atoms. The van der Waals surface area contributed by atoms with Crippen LogP contribution in [-0.4, -0.2) is 59.5 Å². The van der Waals surface area contributed by atoms with Crippen LogP contribution in [0.1, 0.15) is 37.8 Å². The molecular formula is C22H31N3O2. The van der Waals surface area contributed by atoms with Crippen LogP contribution in [0.3, 0.4) is 0 Å². The smallest absolute Gasteiger partial charge is 0.133 e. The first-order valence-corrected chi connectivity index (χ1v) is 10.1. The largest absolute Gasteiger partial charge is 0.391 e. The molecule has 1 atom stereocenters. The molecule has 2 aliphatic rings. The van der Waals surface area contributed by atoms with Crippen molar-refractivity contribution in [3.63, 3.8) is 0 Å². The fraction of sp³-hybridized carbons (Fsp3) is 0.591. The molecule has 1 aromatic carbocycles. The second-order valence-corrected chi connectivity index (χ2v) is 8.73. The van der Waals surface area contributed by atoms with E-state index in [-0.39, 0.29) is 11.7 Å². The summed E-state index contributed by atoms with van der Waals surface area (Å²) in [5, 5.41) is 11.4. The Balaban J connectivity index is 1.70. The van der Waals surface area contributed by atoms with E-state index in [1.165, 1.54) is 16.5 Å². The first-order valence-electron chi connectivity index (χ1n) is 10.1. The maximum absolute atomic E-state index is 10.2. The fourth-order valence-electron chi connectivity index (χ4n) is 4.36. The van der Waals surface area contributed by atoms with Gasteiger partial charge in [0.2, 0.25) is 0 Å². The molecule has 0 unspecified atom stereocenters. The highest BCUT2D eigenvalue weighted by atomic mass is 16.5. The third kappa shape index (κ3) is 4.26. The molecular weight excluding hydrogens is 338 g/mol. The van der Waals surface area contributed by atoms with Crippen molar-refractivity contribution in [2.24, 2.45) is 0 Å². The molecule has 4 rings (SSSR count). The molecule has 0 radical (unpaired) electrons. The Morgan fingerprint density at radius 1 is 1.26 bits per heavy atom. The normalized spacial score (nSPS) is 23.7. The highest BCUT2D eigenvalue weighted by molar-refractivity contribution is 5.82. The Labute approximate surface area is 161 Å². The molecule has 2 aromatic rings. The topological polar surface area (TPSA) is 48.8 Å². The third-order valence-corrected chi connectivity index (χ3v) is 5.62. The van der Waals surface area contributed by atoms with Crippen molar-refractivity contribution in [1.29, 1.82) is 0 Å². The van der Waals surface area contributed by atoms with Gasteiger partial charge in [-0.15, -0.1) is 0 Å². The summed E-state index contributed by atoms with van der Waals surface area (Å²) in [6.45, 7) is 11.6. The third-order valence-electron chi connectivity index (χ3n) is 5.62. The van der Waals surface area contributed by atoms with Crippen molar-refractivity contribution >= 4 is 16.7 Å². The van der Waals surface area contributed by atoms with Crippen LogP contribution in [0.5, 0.6) is 0 Å². The lowest BCUT2D eigenvalue weighted by Crippen LogP contribution is -2.48. The van der Waals surface area contributed by atoms with E-state index in [0.29, 0.717) is 6.54 Å². The average molecular weight is 370 g/mol. The molecule has 0 bridgehead atoms. The number of aromatic nitrogens is 1. The SMILES string of the molecule is Cc1ccc2nc(N3CCC[C@@H](O)C3)c(CN3CCOC(C)(C)C3)cc2c1. The number of benzene rings is 1. The van der Waals surface area contributed by atoms with Gasteiger partial charge < -0.3 is 14.7 Å². The van der Waals surface area contributed by atoms with Gasteiger partial charge in [0.05, 0.1) is 23.8 Å². The Morgan fingerprint density at radius 3 is 2.89 bits per heavy atom. The number of hydrogen-bond donors (Lipinski definition) is 1. The molecule has 0 saturated carbocycles. The number of pyridine rings is 1. The van der Waals surface area contributed by atoms with Crippen LogP contribution in [-0.2, 0) is 11.3 Å². The van der Waals surface area contributed by atoms with E-state index in [1.807, 2.05) is 0 Å². The van der Waals surface area contributed by atoms with Crippen LogP contribution in [0, 0.1) is 6.92 Å². The molecule has 2 aliphatic heterocycles. The molecule has 0 aliphatic carbocycles. The van der Waals surface area contributed by atoms with E-state index in [4.69, 9.17) is 9.72 Å². The standard InChI is InChI=1S/C22H31N3O2/c1-16-6-7-20-17(11-16)12-18(13-24-9-10-27-22(2,3)15-24)21(23-20)25-8-4-5-19(26)14-25/h6-7,11-12,19,26H,4-5,8-10,13-15H2,1-3H3/t19-/m1/s1. The molecule has 5 nitrogen and oxygen atoms in total. The lowest BCUT2D eigenvalue weighted by Gasteiger charge is -2.39. The minimum atomic E-state index is -0.260. The van der Waals surface area contributed by atoms with Crippen molar-refractivity contribution in [2.75, 3.05) is 37.7 Å². The summed E-state index contributed by atoms with van der Waals surface area (Å²) in [5.41, 5.74) is 3.42.